The number of aromatic nitrogens is 2. The van der Waals surface area contributed by atoms with Crippen molar-refractivity contribution in [3.63, 3.8) is 0 Å². The summed E-state index contributed by atoms with van der Waals surface area (Å²) >= 11 is 6.35. The Morgan fingerprint density at radius 2 is 1.67 bits per heavy atom. The van der Waals surface area contributed by atoms with Gasteiger partial charge >= 0.3 is 0 Å². The number of carbonyl (C=O) groups excluding carboxylic acids is 1. The first-order valence-electron chi connectivity index (χ1n) is 12.8. The number of anilines is 1. The molecule has 3 aromatic carbocycles. The predicted octanol–water partition coefficient (Wildman–Crippen LogP) is 3.65. The van der Waals surface area contributed by atoms with Gasteiger partial charge in [-0.05, 0) is 59.7 Å². The van der Waals surface area contributed by atoms with Crippen molar-refractivity contribution in [1.29, 1.82) is 0 Å². The van der Waals surface area contributed by atoms with Crippen molar-refractivity contribution in [2.75, 3.05) is 11.0 Å². The molecule has 43 heavy (non-hydrogen) atoms. The van der Waals surface area contributed by atoms with Crippen molar-refractivity contribution < 1.29 is 21.6 Å². The summed E-state index contributed by atoms with van der Waals surface area (Å²) in [4.78, 5) is 29.3. The quantitative estimate of drug-likeness (QED) is 0.190. The highest BCUT2D eigenvalue weighted by molar-refractivity contribution is 7.92. The Hall–Kier alpha value is -4.43. The maximum absolute atomic E-state index is 14.0. The van der Waals surface area contributed by atoms with Gasteiger partial charge in [-0.2, -0.15) is 0 Å². The van der Waals surface area contributed by atoms with Crippen molar-refractivity contribution in [1.82, 2.24) is 14.3 Å². The number of H-pyrrole nitrogens is 1. The summed E-state index contributed by atoms with van der Waals surface area (Å²) in [5.41, 5.74) is 7.70. The molecule has 2 heterocycles. The largest absolute Gasteiger partial charge is 0.331 e. The smallest absolute Gasteiger partial charge is 0.282 e. The van der Waals surface area contributed by atoms with E-state index in [9.17, 15) is 26.4 Å². The van der Waals surface area contributed by atoms with Crippen LogP contribution in [0.3, 0.4) is 0 Å². The number of hydrogen-bond acceptors (Lipinski definition) is 7. The Morgan fingerprint density at radius 1 is 0.953 bits per heavy atom. The molecule has 0 atom stereocenters. The summed E-state index contributed by atoms with van der Waals surface area (Å²) < 4.78 is 56.2. The van der Waals surface area contributed by atoms with Crippen molar-refractivity contribution in [3.05, 3.63) is 117 Å². The van der Waals surface area contributed by atoms with Gasteiger partial charge in [0.15, 0.2) is 0 Å². The molecule has 1 amide bonds. The summed E-state index contributed by atoms with van der Waals surface area (Å²) in [6.07, 6.45) is 2.37. The Labute approximate surface area is 252 Å². The number of sulfonamides is 2. The number of nitrogens with zero attached hydrogens (tertiary/aromatic N) is 1. The Morgan fingerprint density at radius 3 is 2.35 bits per heavy atom. The second-order valence-corrected chi connectivity index (χ2v) is 13.6. The SMILES string of the molecule is CS(=O)(=O)Nc1cccc(S(=O)(=O)NC(=O)c2c(-c3ccc[nH]c3=O)c3cc(Cl)ccc3n2Cc2ccc(CN)cc2)c1. The Kier molecular flexibility index (Phi) is 8.16. The van der Waals surface area contributed by atoms with Crippen molar-refractivity contribution in [3.8, 4) is 11.1 Å². The van der Waals surface area contributed by atoms with Gasteiger partial charge < -0.3 is 15.3 Å². The highest BCUT2D eigenvalue weighted by atomic mass is 35.5. The first-order chi connectivity index (χ1) is 20.4. The van der Waals surface area contributed by atoms with Crippen LogP contribution in [-0.4, -0.2) is 38.5 Å². The van der Waals surface area contributed by atoms with Gasteiger partial charge in [0.05, 0.1) is 11.2 Å². The third-order valence-corrected chi connectivity index (χ3v) is 8.77. The molecule has 0 saturated carbocycles. The molecule has 11 nitrogen and oxygen atoms in total. The highest BCUT2D eigenvalue weighted by Crippen LogP contribution is 2.36. The Balaban J connectivity index is 1.69. The first-order valence-corrected chi connectivity index (χ1v) is 16.5. The van der Waals surface area contributed by atoms with E-state index in [1.54, 1.807) is 28.8 Å². The van der Waals surface area contributed by atoms with Crippen LogP contribution in [0.15, 0.2) is 94.7 Å². The summed E-state index contributed by atoms with van der Waals surface area (Å²) in [5.74, 6) is -1.01. The lowest BCUT2D eigenvalue weighted by molar-refractivity contribution is 0.0974. The molecule has 0 aliphatic heterocycles. The average Bonchev–Trinajstić information content (AvgIpc) is 3.25. The fourth-order valence-electron chi connectivity index (χ4n) is 4.75. The molecule has 0 fully saturated rings. The van der Waals surface area contributed by atoms with Gasteiger partial charge in [0.2, 0.25) is 10.0 Å². The maximum Gasteiger partial charge on any atom is 0.282 e. The molecule has 0 saturated heterocycles. The molecule has 5 aromatic rings. The monoisotopic (exact) mass is 639 g/mol. The van der Waals surface area contributed by atoms with Crippen molar-refractivity contribution in [2.45, 2.75) is 18.0 Å². The van der Waals surface area contributed by atoms with E-state index >= 15 is 0 Å². The van der Waals surface area contributed by atoms with E-state index < -0.39 is 31.5 Å². The van der Waals surface area contributed by atoms with E-state index in [0.717, 1.165) is 23.4 Å². The van der Waals surface area contributed by atoms with Crippen LogP contribution in [-0.2, 0) is 33.1 Å². The minimum Gasteiger partial charge on any atom is -0.331 e. The van der Waals surface area contributed by atoms with Crippen LogP contribution in [0.5, 0.6) is 0 Å². The van der Waals surface area contributed by atoms with Crippen LogP contribution in [0.4, 0.5) is 5.69 Å². The van der Waals surface area contributed by atoms with Crippen molar-refractivity contribution >= 4 is 54.1 Å². The number of fused-ring (bicyclic) bond motifs is 1. The maximum atomic E-state index is 14.0. The second-order valence-electron chi connectivity index (χ2n) is 9.74. The summed E-state index contributed by atoms with van der Waals surface area (Å²) in [6.45, 7) is 0.489. The summed E-state index contributed by atoms with van der Waals surface area (Å²) in [6, 6.07) is 20.5. The van der Waals surface area contributed by atoms with Gasteiger partial charge in [-0.25, -0.2) is 21.6 Å². The van der Waals surface area contributed by atoms with Crippen LogP contribution in [0.1, 0.15) is 21.6 Å². The lowest BCUT2D eigenvalue weighted by atomic mass is 10.0. The average molecular weight is 640 g/mol. The first kappa shape index (κ1) is 30.0. The third-order valence-electron chi connectivity index (χ3n) is 6.60. The lowest BCUT2D eigenvalue weighted by Gasteiger charge is -2.14. The summed E-state index contributed by atoms with van der Waals surface area (Å²) in [7, 11) is -8.20. The van der Waals surface area contributed by atoms with Crippen molar-refractivity contribution in [2.24, 2.45) is 5.73 Å². The minimum atomic E-state index is -4.51. The molecule has 0 aliphatic rings. The van der Waals surface area contributed by atoms with E-state index in [1.165, 1.54) is 30.5 Å². The van der Waals surface area contributed by atoms with Gasteiger partial charge in [-0.3, -0.25) is 14.3 Å². The number of pyridine rings is 1. The minimum absolute atomic E-state index is 0.000913. The molecule has 0 bridgehead atoms. The topological polar surface area (TPSA) is 173 Å². The normalized spacial score (nSPS) is 11.9. The highest BCUT2D eigenvalue weighted by Gasteiger charge is 2.29. The number of rotatable bonds is 9. The van der Waals surface area contributed by atoms with Gasteiger partial charge in [0.25, 0.3) is 21.5 Å². The number of aromatic amines is 1. The molecule has 5 N–H and O–H groups in total. The predicted molar refractivity (Wildman–Crippen MR) is 166 cm³/mol. The number of halogens is 1. The van der Waals surface area contributed by atoms with E-state index in [4.69, 9.17) is 17.3 Å². The number of hydrogen-bond donors (Lipinski definition) is 4. The number of carbonyl (C=O) groups is 1. The van der Waals surface area contributed by atoms with E-state index in [2.05, 4.69) is 14.4 Å². The molecule has 0 aliphatic carbocycles. The van der Waals surface area contributed by atoms with Gasteiger partial charge in [0, 0.05) is 52.0 Å². The molecule has 0 spiro atoms. The lowest BCUT2D eigenvalue weighted by Crippen LogP contribution is -2.33. The van der Waals surface area contributed by atoms with E-state index in [1.807, 2.05) is 24.3 Å². The number of nitrogens with one attached hydrogen (secondary N) is 3. The molecule has 14 heteroatoms. The molecule has 5 rings (SSSR count). The molecule has 0 unspecified atom stereocenters. The molecular formula is C29H26ClN5O6S2. The zero-order valence-electron chi connectivity index (χ0n) is 22.7. The van der Waals surface area contributed by atoms with E-state index in [0.29, 0.717) is 22.5 Å². The summed E-state index contributed by atoms with van der Waals surface area (Å²) in [5, 5.41) is 0.810. The molecular weight excluding hydrogens is 614 g/mol. The van der Waals surface area contributed by atoms with Crippen LogP contribution in [0.25, 0.3) is 22.0 Å². The van der Waals surface area contributed by atoms with Gasteiger partial charge in [0.1, 0.15) is 5.69 Å². The number of amides is 1. The van der Waals surface area contributed by atoms with Crippen LogP contribution in [0, 0.1) is 0 Å². The zero-order chi connectivity index (χ0) is 30.9. The molecule has 222 valence electrons. The standard InChI is InChI=1S/C29H26ClN5O6S2/c1-42(38,39)33-21-4-2-5-22(15-21)43(40,41)34-29(37)27-26(23-6-3-13-32-28(23)36)24-14-20(30)11-12-25(24)35(27)17-19-9-7-18(16-31)8-10-19/h2-15,33H,16-17,31H2,1H3,(H,32,36)(H,34,37). The molecule has 2 aromatic heterocycles. The van der Waals surface area contributed by atoms with Crippen LogP contribution in [0.2, 0.25) is 5.02 Å². The van der Waals surface area contributed by atoms with Gasteiger partial charge in [-0.1, -0.05) is 41.9 Å². The van der Waals surface area contributed by atoms with Gasteiger partial charge in [-0.15, -0.1) is 0 Å². The fourth-order valence-corrected chi connectivity index (χ4v) is 6.48. The Bertz CT molecular complexity index is 2140. The fraction of sp³-hybridized carbons (Fsp3) is 0.103. The number of benzene rings is 3. The van der Waals surface area contributed by atoms with E-state index in [-0.39, 0.29) is 33.9 Å². The second kappa shape index (κ2) is 11.7. The number of nitrogens with two attached hydrogens (primary N) is 1. The van der Waals surface area contributed by atoms with Crippen LogP contribution >= 0.6 is 11.6 Å². The third kappa shape index (κ3) is 6.49. The zero-order valence-corrected chi connectivity index (χ0v) is 25.1. The molecule has 0 radical (unpaired) electrons. The van der Waals surface area contributed by atoms with Crippen LogP contribution < -0.4 is 20.7 Å².